The molecule has 1 saturated heterocycles. The van der Waals surface area contributed by atoms with Crippen LogP contribution >= 0.6 is 0 Å². The summed E-state index contributed by atoms with van der Waals surface area (Å²) in [6.45, 7) is 4.02. The van der Waals surface area contributed by atoms with Gasteiger partial charge in [-0.05, 0) is 43.5 Å². The van der Waals surface area contributed by atoms with Gasteiger partial charge < -0.3 is 10.0 Å². The number of likely N-dealkylation sites (tertiary alicyclic amines) is 1. The monoisotopic (exact) mass is 341 g/mol. The molecular formula is C19H23N3O3. The zero-order chi connectivity index (χ0) is 17.8. The minimum absolute atomic E-state index is 0.153. The molecule has 1 fully saturated rings. The highest BCUT2D eigenvalue weighted by Gasteiger charge is 2.24. The number of nitrogens with zero attached hydrogens (tertiary/aromatic N) is 3. The Bertz CT molecular complexity index is 752. The maximum atomic E-state index is 12.5. The van der Waals surface area contributed by atoms with E-state index in [0.717, 1.165) is 30.6 Å². The lowest BCUT2D eigenvalue weighted by molar-refractivity contribution is -0.132. The summed E-state index contributed by atoms with van der Waals surface area (Å²) in [4.78, 5) is 25.4. The first-order chi connectivity index (χ1) is 12.0. The van der Waals surface area contributed by atoms with E-state index in [1.807, 2.05) is 36.2 Å². The van der Waals surface area contributed by atoms with Crippen molar-refractivity contribution >= 4 is 11.9 Å². The number of aryl methyl sites for hydroxylation is 2. The molecule has 0 spiro atoms. The Hall–Kier alpha value is -2.63. The van der Waals surface area contributed by atoms with E-state index in [4.69, 9.17) is 5.11 Å². The van der Waals surface area contributed by atoms with Crippen LogP contribution in [0, 0.1) is 6.92 Å². The number of aromatic carboxylic acids is 1. The van der Waals surface area contributed by atoms with Crippen molar-refractivity contribution in [3.63, 3.8) is 0 Å². The van der Waals surface area contributed by atoms with Crippen molar-refractivity contribution < 1.29 is 14.7 Å². The van der Waals surface area contributed by atoms with Crippen LogP contribution in [0.3, 0.4) is 0 Å². The molecule has 132 valence electrons. The molecule has 0 radical (unpaired) electrons. The van der Waals surface area contributed by atoms with Gasteiger partial charge in [-0.15, -0.1) is 0 Å². The third kappa shape index (κ3) is 4.26. The Kier molecular flexibility index (Phi) is 5.16. The van der Waals surface area contributed by atoms with E-state index >= 15 is 0 Å². The minimum atomic E-state index is -0.916. The van der Waals surface area contributed by atoms with Crippen molar-refractivity contribution in [2.45, 2.75) is 38.6 Å². The van der Waals surface area contributed by atoms with Gasteiger partial charge in [0.25, 0.3) is 0 Å². The van der Waals surface area contributed by atoms with Crippen molar-refractivity contribution in [2.75, 3.05) is 13.1 Å². The third-order valence-electron chi connectivity index (χ3n) is 4.73. The van der Waals surface area contributed by atoms with Gasteiger partial charge in [-0.2, -0.15) is 5.10 Å². The van der Waals surface area contributed by atoms with Crippen molar-refractivity contribution in [3.8, 4) is 0 Å². The van der Waals surface area contributed by atoms with E-state index in [9.17, 15) is 9.59 Å². The fourth-order valence-electron chi connectivity index (χ4n) is 3.33. The topological polar surface area (TPSA) is 75.4 Å². The molecule has 1 N–H and O–H groups in total. The molecule has 6 nitrogen and oxygen atoms in total. The fraction of sp³-hybridized carbons (Fsp3) is 0.421. The van der Waals surface area contributed by atoms with Gasteiger partial charge in [0.2, 0.25) is 5.91 Å². The molecular weight excluding hydrogens is 318 g/mol. The lowest BCUT2D eigenvalue weighted by atomic mass is 9.90. The molecule has 6 heteroatoms. The first kappa shape index (κ1) is 17.2. The fourth-order valence-corrected chi connectivity index (χ4v) is 3.33. The second-order valence-corrected chi connectivity index (χ2v) is 6.58. The van der Waals surface area contributed by atoms with Crippen LogP contribution in [0.2, 0.25) is 0 Å². The van der Waals surface area contributed by atoms with Gasteiger partial charge in [0.05, 0.1) is 11.3 Å². The Balaban J connectivity index is 1.58. The van der Waals surface area contributed by atoms with Crippen molar-refractivity contribution in [1.82, 2.24) is 14.7 Å². The number of hydrogen-bond donors (Lipinski definition) is 1. The minimum Gasteiger partial charge on any atom is -0.478 e. The number of rotatable bonds is 5. The summed E-state index contributed by atoms with van der Waals surface area (Å²) < 4.78 is 1.80. The van der Waals surface area contributed by atoms with Crippen LogP contribution in [-0.4, -0.2) is 44.8 Å². The number of amides is 1. The number of piperidine rings is 1. The van der Waals surface area contributed by atoms with Gasteiger partial charge in [0.1, 0.15) is 0 Å². The van der Waals surface area contributed by atoms with E-state index in [1.165, 1.54) is 0 Å². The number of carboxylic acid groups (broad SMARTS) is 1. The molecule has 1 aliphatic rings. The lowest BCUT2D eigenvalue weighted by Gasteiger charge is -2.33. The van der Waals surface area contributed by atoms with Crippen LogP contribution in [0.1, 0.15) is 46.8 Å². The maximum absolute atomic E-state index is 12.5. The van der Waals surface area contributed by atoms with Crippen molar-refractivity contribution in [3.05, 3.63) is 53.3 Å². The molecule has 25 heavy (non-hydrogen) atoms. The smallest absolute Gasteiger partial charge is 0.335 e. The first-order valence-corrected chi connectivity index (χ1v) is 8.64. The summed E-state index contributed by atoms with van der Waals surface area (Å²) in [6.07, 6.45) is 4.34. The number of aromatic nitrogens is 2. The molecule has 1 aromatic carbocycles. The Morgan fingerprint density at radius 3 is 2.64 bits per heavy atom. The molecule has 1 amide bonds. The predicted molar refractivity (Wildman–Crippen MR) is 93.5 cm³/mol. The molecule has 2 aromatic rings. The molecule has 1 aromatic heterocycles. The van der Waals surface area contributed by atoms with E-state index in [0.29, 0.717) is 25.1 Å². The summed E-state index contributed by atoms with van der Waals surface area (Å²) in [5.41, 5.74) is 2.35. The normalized spacial score (nSPS) is 17.5. The number of carbonyl (C=O) groups excluding carboxylic acids is 1. The largest absolute Gasteiger partial charge is 0.478 e. The van der Waals surface area contributed by atoms with E-state index < -0.39 is 5.97 Å². The lowest BCUT2D eigenvalue weighted by Crippen LogP contribution is -2.39. The van der Waals surface area contributed by atoms with Crippen LogP contribution in [0.4, 0.5) is 0 Å². The van der Waals surface area contributed by atoms with Crippen molar-refractivity contribution in [1.29, 1.82) is 0 Å². The summed E-state index contributed by atoms with van der Waals surface area (Å²) in [6, 6.07) is 8.95. The number of carboxylic acids is 1. The van der Waals surface area contributed by atoms with Gasteiger partial charge >= 0.3 is 5.97 Å². The molecule has 1 atom stereocenters. The van der Waals surface area contributed by atoms with E-state index in [1.54, 1.807) is 16.8 Å². The summed E-state index contributed by atoms with van der Waals surface area (Å²) in [5.74, 6) is -0.492. The van der Waals surface area contributed by atoms with Crippen LogP contribution in [0.5, 0.6) is 0 Å². The molecule has 0 saturated carbocycles. The number of carbonyl (C=O) groups is 2. The average molecular weight is 341 g/mol. The molecule has 1 aliphatic heterocycles. The zero-order valence-corrected chi connectivity index (χ0v) is 14.4. The van der Waals surface area contributed by atoms with Gasteiger partial charge in [-0.1, -0.05) is 12.1 Å². The quantitative estimate of drug-likeness (QED) is 0.907. The number of benzene rings is 1. The standard InChI is InChI=1S/C19H23N3O3/c1-14-8-11-22(20-14)12-9-18(23)21-10-2-3-17(13-21)15-4-6-16(7-5-15)19(24)25/h4-8,11,17H,2-3,9-10,12-13H2,1H3,(H,24,25). The average Bonchev–Trinajstić information content (AvgIpc) is 3.05. The highest BCUT2D eigenvalue weighted by atomic mass is 16.4. The van der Waals surface area contributed by atoms with Gasteiger partial charge in [-0.25, -0.2) is 4.79 Å². The van der Waals surface area contributed by atoms with Crippen molar-refractivity contribution in [2.24, 2.45) is 0 Å². The van der Waals surface area contributed by atoms with Crippen LogP contribution < -0.4 is 0 Å². The maximum Gasteiger partial charge on any atom is 0.335 e. The van der Waals surface area contributed by atoms with Gasteiger partial charge in [0, 0.05) is 38.2 Å². The highest BCUT2D eigenvalue weighted by Crippen LogP contribution is 2.27. The summed E-state index contributed by atoms with van der Waals surface area (Å²) in [5, 5.41) is 13.3. The van der Waals surface area contributed by atoms with Crippen LogP contribution in [0.25, 0.3) is 0 Å². The molecule has 0 bridgehead atoms. The van der Waals surface area contributed by atoms with Crippen LogP contribution in [0.15, 0.2) is 36.5 Å². The molecule has 2 heterocycles. The second kappa shape index (κ2) is 7.51. The van der Waals surface area contributed by atoms with Crippen LogP contribution in [-0.2, 0) is 11.3 Å². The van der Waals surface area contributed by atoms with Gasteiger partial charge in [0.15, 0.2) is 0 Å². The Morgan fingerprint density at radius 2 is 2.00 bits per heavy atom. The first-order valence-electron chi connectivity index (χ1n) is 8.64. The number of hydrogen-bond acceptors (Lipinski definition) is 3. The third-order valence-corrected chi connectivity index (χ3v) is 4.73. The molecule has 0 aliphatic carbocycles. The second-order valence-electron chi connectivity index (χ2n) is 6.58. The predicted octanol–water partition coefficient (Wildman–Crippen LogP) is 2.69. The highest BCUT2D eigenvalue weighted by molar-refractivity contribution is 5.87. The summed E-state index contributed by atoms with van der Waals surface area (Å²) in [7, 11) is 0. The SMILES string of the molecule is Cc1ccn(CCC(=O)N2CCCC(c3ccc(C(=O)O)cc3)C2)n1. The molecule has 3 rings (SSSR count). The van der Waals surface area contributed by atoms with E-state index in [2.05, 4.69) is 5.10 Å². The van der Waals surface area contributed by atoms with E-state index in [-0.39, 0.29) is 11.8 Å². The van der Waals surface area contributed by atoms with Gasteiger partial charge in [-0.3, -0.25) is 9.48 Å². The Morgan fingerprint density at radius 1 is 1.24 bits per heavy atom. The zero-order valence-electron chi connectivity index (χ0n) is 14.4. The molecule has 1 unspecified atom stereocenters. The Labute approximate surface area is 147 Å². The summed E-state index contributed by atoms with van der Waals surface area (Å²) >= 11 is 0.